The molecular weight excluding hydrogens is 266 g/mol. The minimum atomic E-state index is -0.653. The fourth-order valence-electron chi connectivity index (χ4n) is 1.35. The largest absolute Gasteiger partial charge is 0.493 e. The Hall–Kier alpha value is -2.38. The van der Waals surface area contributed by atoms with Gasteiger partial charge in [-0.1, -0.05) is 0 Å². The number of hydrogen-bond donors (Lipinski definition) is 0. The first-order valence-corrected chi connectivity index (χ1v) is 5.81. The maximum atomic E-state index is 11.9. The zero-order valence-electron chi connectivity index (χ0n) is 12.0. The molecule has 1 heterocycles. The molecule has 0 bridgehead atoms. The monoisotopic (exact) mass is 283 g/mol. The Bertz CT molecular complexity index is 524. The van der Waals surface area contributed by atoms with Crippen molar-refractivity contribution in [3.05, 3.63) is 22.4 Å². The van der Waals surface area contributed by atoms with Crippen molar-refractivity contribution in [2.24, 2.45) is 0 Å². The third-order valence-corrected chi connectivity index (χ3v) is 2.23. The van der Waals surface area contributed by atoms with Gasteiger partial charge in [0.1, 0.15) is 11.8 Å². The Morgan fingerprint density at radius 2 is 2.05 bits per heavy atom. The van der Waals surface area contributed by atoms with E-state index in [-0.39, 0.29) is 17.3 Å². The number of nitro groups is 1. The highest BCUT2D eigenvalue weighted by atomic mass is 16.6. The Labute approximate surface area is 116 Å². The molecule has 0 saturated carbocycles. The molecule has 1 aromatic rings. The van der Waals surface area contributed by atoms with E-state index < -0.39 is 16.6 Å². The van der Waals surface area contributed by atoms with E-state index in [9.17, 15) is 14.9 Å². The predicted molar refractivity (Wildman–Crippen MR) is 72.1 cm³/mol. The van der Waals surface area contributed by atoms with E-state index in [1.54, 1.807) is 20.8 Å². The van der Waals surface area contributed by atoms with Crippen molar-refractivity contribution in [1.29, 1.82) is 0 Å². The highest BCUT2D eigenvalue weighted by Gasteiger charge is 2.24. The molecule has 110 valence electrons. The molecule has 0 aliphatic rings. The van der Waals surface area contributed by atoms with E-state index in [0.717, 1.165) is 11.1 Å². The van der Waals surface area contributed by atoms with Crippen LogP contribution < -0.4 is 9.64 Å². The maximum absolute atomic E-state index is 11.9. The van der Waals surface area contributed by atoms with E-state index in [1.807, 2.05) is 0 Å². The molecule has 0 N–H and O–H groups in total. The molecule has 1 rings (SSSR count). The third kappa shape index (κ3) is 3.81. The molecule has 0 spiro atoms. The second-order valence-corrected chi connectivity index (χ2v) is 5.02. The first-order chi connectivity index (χ1) is 9.15. The van der Waals surface area contributed by atoms with E-state index >= 15 is 0 Å². The highest BCUT2D eigenvalue weighted by Crippen LogP contribution is 2.29. The molecule has 20 heavy (non-hydrogen) atoms. The molecule has 1 aromatic heterocycles. The van der Waals surface area contributed by atoms with Crippen molar-refractivity contribution >= 4 is 17.6 Å². The Kier molecular flexibility index (Phi) is 4.49. The van der Waals surface area contributed by atoms with Crippen molar-refractivity contribution in [1.82, 2.24) is 4.98 Å². The number of amides is 1. The summed E-state index contributed by atoms with van der Waals surface area (Å²) in [6.45, 7) is 5.21. The second kappa shape index (κ2) is 5.72. The summed E-state index contributed by atoms with van der Waals surface area (Å²) in [5, 5.41) is 10.7. The molecule has 8 nitrogen and oxygen atoms in total. The average molecular weight is 283 g/mol. The predicted octanol–water partition coefficient (Wildman–Crippen LogP) is 2.37. The first-order valence-electron chi connectivity index (χ1n) is 5.81. The Balaban J connectivity index is 3.06. The molecule has 0 atom stereocenters. The quantitative estimate of drug-likeness (QED) is 0.624. The van der Waals surface area contributed by atoms with Gasteiger partial charge in [-0.25, -0.2) is 9.78 Å². The molecule has 0 radical (unpaired) electrons. The zero-order chi connectivity index (χ0) is 15.5. The summed E-state index contributed by atoms with van der Waals surface area (Å²) in [4.78, 5) is 27.0. The number of aromatic nitrogens is 1. The number of carbonyl (C=O) groups excluding carboxylic acids is 1. The number of carbonyl (C=O) groups is 1. The van der Waals surface area contributed by atoms with Gasteiger partial charge in [0.05, 0.1) is 18.1 Å². The number of hydrogen-bond acceptors (Lipinski definition) is 6. The van der Waals surface area contributed by atoms with E-state index in [2.05, 4.69) is 4.98 Å². The average Bonchev–Trinajstić information content (AvgIpc) is 2.34. The fraction of sp³-hybridized carbons (Fsp3) is 0.500. The zero-order valence-corrected chi connectivity index (χ0v) is 12.0. The first kappa shape index (κ1) is 15.7. The van der Waals surface area contributed by atoms with Crippen molar-refractivity contribution in [2.45, 2.75) is 26.4 Å². The van der Waals surface area contributed by atoms with Crippen LogP contribution in [0.2, 0.25) is 0 Å². The maximum Gasteiger partial charge on any atom is 0.415 e. The lowest BCUT2D eigenvalue weighted by Crippen LogP contribution is -2.34. The fourth-order valence-corrected chi connectivity index (χ4v) is 1.35. The number of pyridine rings is 1. The van der Waals surface area contributed by atoms with Crippen LogP contribution in [0, 0.1) is 10.1 Å². The van der Waals surface area contributed by atoms with Crippen LogP contribution in [0.15, 0.2) is 12.3 Å². The van der Waals surface area contributed by atoms with Crippen LogP contribution in [0.3, 0.4) is 0 Å². The standard InChI is InChI=1S/C12H17N3O5/c1-12(2,3)20-11(16)14(4)10-9(19-5)6-8(7-13-10)15(17)18/h6-7H,1-5H3. The van der Waals surface area contributed by atoms with Gasteiger partial charge in [-0.05, 0) is 20.8 Å². The van der Waals surface area contributed by atoms with Gasteiger partial charge in [0, 0.05) is 7.05 Å². The topological polar surface area (TPSA) is 94.8 Å². The van der Waals surface area contributed by atoms with Crippen molar-refractivity contribution < 1.29 is 19.2 Å². The lowest BCUT2D eigenvalue weighted by molar-refractivity contribution is -0.385. The molecule has 0 fully saturated rings. The van der Waals surface area contributed by atoms with Gasteiger partial charge in [0.25, 0.3) is 5.69 Å². The lowest BCUT2D eigenvalue weighted by Gasteiger charge is -2.24. The summed E-state index contributed by atoms with van der Waals surface area (Å²) in [5.74, 6) is 0.264. The van der Waals surface area contributed by atoms with Gasteiger partial charge < -0.3 is 9.47 Å². The number of methoxy groups -OCH3 is 1. The Morgan fingerprint density at radius 1 is 1.45 bits per heavy atom. The smallest absolute Gasteiger partial charge is 0.415 e. The molecule has 8 heteroatoms. The summed E-state index contributed by atoms with van der Waals surface area (Å²) in [6, 6.07) is 1.20. The summed E-state index contributed by atoms with van der Waals surface area (Å²) in [5.41, 5.74) is -0.873. The van der Waals surface area contributed by atoms with Gasteiger partial charge in [0.2, 0.25) is 0 Å². The molecule has 0 aliphatic heterocycles. The SMILES string of the molecule is COc1cc([N+](=O)[O-])cnc1N(C)C(=O)OC(C)(C)C. The molecule has 0 aliphatic carbocycles. The summed E-state index contributed by atoms with van der Waals surface area (Å²) in [7, 11) is 2.79. The van der Waals surface area contributed by atoms with Gasteiger partial charge in [-0.3, -0.25) is 15.0 Å². The van der Waals surface area contributed by atoms with E-state index in [0.29, 0.717) is 0 Å². The molecular formula is C12H17N3O5. The summed E-state index contributed by atoms with van der Waals surface area (Å²) in [6.07, 6.45) is 0.427. The van der Waals surface area contributed by atoms with Crippen LogP contribution in [0.5, 0.6) is 5.75 Å². The van der Waals surface area contributed by atoms with Crippen LogP contribution in [-0.2, 0) is 4.74 Å². The van der Waals surface area contributed by atoms with E-state index in [1.165, 1.54) is 20.2 Å². The van der Waals surface area contributed by atoms with E-state index in [4.69, 9.17) is 9.47 Å². The van der Waals surface area contributed by atoms with Crippen molar-refractivity contribution in [3.63, 3.8) is 0 Å². The van der Waals surface area contributed by atoms with Gasteiger partial charge in [0.15, 0.2) is 11.6 Å². The minimum Gasteiger partial charge on any atom is -0.493 e. The minimum absolute atomic E-state index is 0.118. The van der Waals surface area contributed by atoms with Crippen molar-refractivity contribution in [3.8, 4) is 5.75 Å². The van der Waals surface area contributed by atoms with Gasteiger partial charge in [-0.2, -0.15) is 0 Å². The van der Waals surface area contributed by atoms with Gasteiger partial charge in [-0.15, -0.1) is 0 Å². The van der Waals surface area contributed by atoms with Crippen LogP contribution in [-0.4, -0.2) is 35.8 Å². The van der Waals surface area contributed by atoms with Crippen LogP contribution >= 0.6 is 0 Å². The number of nitrogens with zero attached hydrogens (tertiary/aromatic N) is 3. The van der Waals surface area contributed by atoms with Crippen LogP contribution in [0.25, 0.3) is 0 Å². The van der Waals surface area contributed by atoms with Crippen LogP contribution in [0.1, 0.15) is 20.8 Å². The third-order valence-electron chi connectivity index (χ3n) is 2.23. The van der Waals surface area contributed by atoms with Crippen LogP contribution in [0.4, 0.5) is 16.3 Å². The highest BCUT2D eigenvalue weighted by molar-refractivity contribution is 5.88. The number of rotatable bonds is 3. The summed E-state index contributed by atoms with van der Waals surface area (Å²) < 4.78 is 10.2. The molecule has 0 aromatic carbocycles. The number of anilines is 1. The number of ether oxygens (including phenoxy) is 2. The normalized spacial score (nSPS) is 10.8. The lowest BCUT2D eigenvalue weighted by atomic mass is 10.2. The molecule has 1 amide bonds. The molecule has 0 unspecified atom stereocenters. The second-order valence-electron chi connectivity index (χ2n) is 5.02. The summed E-state index contributed by atoms with van der Waals surface area (Å²) >= 11 is 0. The Morgan fingerprint density at radius 3 is 2.50 bits per heavy atom. The van der Waals surface area contributed by atoms with Crippen molar-refractivity contribution in [2.75, 3.05) is 19.1 Å². The molecule has 0 saturated heterocycles. The van der Waals surface area contributed by atoms with Gasteiger partial charge >= 0.3 is 6.09 Å².